The molecule has 4 aromatic rings. The van der Waals surface area contributed by atoms with Crippen LogP contribution in [-0.2, 0) is 6.54 Å². The van der Waals surface area contributed by atoms with Crippen molar-refractivity contribution >= 4 is 16.9 Å². The summed E-state index contributed by atoms with van der Waals surface area (Å²) in [5.41, 5.74) is 0.911. The van der Waals surface area contributed by atoms with Crippen LogP contribution in [0.2, 0.25) is 0 Å². The van der Waals surface area contributed by atoms with Gasteiger partial charge >= 0.3 is 0 Å². The molecule has 1 aliphatic heterocycles. The molecule has 1 fully saturated rings. The van der Waals surface area contributed by atoms with Gasteiger partial charge in [0.15, 0.2) is 5.82 Å². The maximum Gasteiger partial charge on any atom is 0.283 e. The SMILES string of the molecule is N#CCC[C@H](Cn1cc(-c2ncnc3[nH]ccc23)cn1)N1CCN(C(=O)c2ccnc(C(F)F)c2F)CC1. The van der Waals surface area contributed by atoms with Crippen LogP contribution >= 0.6 is 0 Å². The summed E-state index contributed by atoms with van der Waals surface area (Å²) in [7, 11) is 0. The Kier molecular flexibility index (Phi) is 7.32. The predicted molar refractivity (Wildman–Crippen MR) is 130 cm³/mol. The summed E-state index contributed by atoms with van der Waals surface area (Å²) < 4.78 is 42.3. The highest BCUT2D eigenvalue weighted by molar-refractivity contribution is 5.94. The van der Waals surface area contributed by atoms with Crippen LogP contribution in [0.1, 0.15) is 35.3 Å². The first-order valence-corrected chi connectivity index (χ1v) is 12.1. The van der Waals surface area contributed by atoms with E-state index < -0.39 is 29.4 Å². The van der Waals surface area contributed by atoms with Gasteiger partial charge in [-0.2, -0.15) is 10.4 Å². The number of carbonyl (C=O) groups is 1. The molecule has 1 amide bonds. The smallest absolute Gasteiger partial charge is 0.283 e. The fourth-order valence-electron chi connectivity index (χ4n) is 4.76. The molecule has 0 radical (unpaired) electrons. The number of alkyl halides is 2. The lowest BCUT2D eigenvalue weighted by Gasteiger charge is -2.39. The van der Waals surface area contributed by atoms with E-state index in [1.54, 1.807) is 12.4 Å². The summed E-state index contributed by atoms with van der Waals surface area (Å²) in [5, 5.41) is 14.6. The molecule has 0 spiro atoms. The van der Waals surface area contributed by atoms with E-state index in [2.05, 4.69) is 36.0 Å². The Labute approximate surface area is 215 Å². The number of nitriles is 1. The van der Waals surface area contributed by atoms with Crippen molar-refractivity contribution in [1.29, 1.82) is 5.26 Å². The molecule has 10 nitrogen and oxygen atoms in total. The zero-order chi connectivity index (χ0) is 26.6. The van der Waals surface area contributed by atoms with Gasteiger partial charge in [0.2, 0.25) is 0 Å². The molecule has 13 heteroatoms. The Morgan fingerprint density at radius 1 is 1.16 bits per heavy atom. The van der Waals surface area contributed by atoms with Gasteiger partial charge in [0.05, 0.1) is 30.1 Å². The number of H-pyrrole nitrogens is 1. The summed E-state index contributed by atoms with van der Waals surface area (Å²) in [6.45, 7) is 2.09. The monoisotopic (exact) mass is 523 g/mol. The van der Waals surface area contributed by atoms with E-state index in [0.717, 1.165) is 34.6 Å². The van der Waals surface area contributed by atoms with Crippen molar-refractivity contribution in [2.45, 2.75) is 31.9 Å². The highest BCUT2D eigenvalue weighted by Crippen LogP contribution is 2.25. The quantitative estimate of drug-likeness (QED) is 0.376. The average molecular weight is 524 g/mol. The molecule has 4 aromatic heterocycles. The van der Waals surface area contributed by atoms with Gasteiger partial charge < -0.3 is 9.88 Å². The van der Waals surface area contributed by atoms with Crippen molar-refractivity contribution in [3.8, 4) is 17.3 Å². The van der Waals surface area contributed by atoms with E-state index >= 15 is 0 Å². The van der Waals surface area contributed by atoms with Crippen molar-refractivity contribution < 1.29 is 18.0 Å². The summed E-state index contributed by atoms with van der Waals surface area (Å²) in [5.74, 6) is -1.92. The third-order valence-corrected chi connectivity index (χ3v) is 6.72. The lowest BCUT2D eigenvalue weighted by atomic mass is 10.1. The average Bonchev–Trinajstić information content (AvgIpc) is 3.60. The maximum atomic E-state index is 14.5. The molecule has 5 rings (SSSR count). The molecule has 1 aliphatic rings. The number of hydrogen-bond donors (Lipinski definition) is 1. The number of nitrogens with one attached hydrogen (secondary N) is 1. The van der Waals surface area contributed by atoms with Gasteiger partial charge in [0.25, 0.3) is 12.3 Å². The Hall–Kier alpha value is -4.31. The lowest BCUT2D eigenvalue weighted by molar-refractivity contribution is 0.0530. The molecule has 0 unspecified atom stereocenters. The molecule has 1 N–H and O–H groups in total. The largest absolute Gasteiger partial charge is 0.346 e. The molecule has 196 valence electrons. The second kappa shape index (κ2) is 11.0. The Morgan fingerprint density at radius 3 is 2.74 bits per heavy atom. The minimum Gasteiger partial charge on any atom is -0.346 e. The number of rotatable bonds is 8. The number of halogens is 3. The van der Waals surface area contributed by atoms with Gasteiger partial charge in [-0.25, -0.2) is 23.1 Å². The van der Waals surface area contributed by atoms with Gasteiger partial charge in [-0.1, -0.05) is 0 Å². The number of hydrogen-bond acceptors (Lipinski definition) is 7. The molecular weight excluding hydrogens is 499 g/mol. The second-order valence-corrected chi connectivity index (χ2v) is 8.95. The molecular formula is C25H24F3N9O. The van der Waals surface area contributed by atoms with Crippen molar-refractivity contribution in [2.24, 2.45) is 0 Å². The van der Waals surface area contributed by atoms with Crippen LogP contribution in [0.25, 0.3) is 22.3 Å². The van der Waals surface area contributed by atoms with E-state index in [4.69, 9.17) is 0 Å². The number of aromatic nitrogens is 6. The van der Waals surface area contributed by atoms with Crippen LogP contribution in [0.15, 0.2) is 43.2 Å². The zero-order valence-electron chi connectivity index (χ0n) is 20.3. The van der Waals surface area contributed by atoms with Gasteiger partial charge in [-0.3, -0.25) is 19.4 Å². The number of aromatic amines is 1. The van der Waals surface area contributed by atoms with Crippen molar-refractivity contribution in [3.05, 3.63) is 60.3 Å². The van der Waals surface area contributed by atoms with Crippen LogP contribution < -0.4 is 0 Å². The van der Waals surface area contributed by atoms with E-state index in [0.29, 0.717) is 45.6 Å². The Balaban J connectivity index is 1.27. The van der Waals surface area contributed by atoms with Gasteiger partial charge in [-0.15, -0.1) is 0 Å². The van der Waals surface area contributed by atoms with Crippen molar-refractivity contribution in [3.63, 3.8) is 0 Å². The molecule has 38 heavy (non-hydrogen) atoms. The van der Waals surface area contributed by atoms with Gasteiger partial charge in [0.1, 0.15) is 17.7 Å². The minimum atomic E-state index is -3.10. The maximum absolute atomic E-state index is 14.5. The zero-order valence-corrected chi connectivity index (χ0v) is 20.3. The first-order valence-electron chi connectivity index (χ1n) is 12.1. The van der Waals surface area contributed by atoms with Crippen LogP contribution in [-0.4, -0.2) is 77.6 Å². The number of fused-ring (bicyclic) bond motifs is 1. The topological polar surface area (TPSA) is 120 Å². The number of piperazine rings is 1. The highest BCUT2D eigenvalue weighted by Gasteiger charge is 2.30. The summed E-state index contributed by atoms with van der Waals surface area (Å²) >= 11 is 0. The molecule has 0 saturated carbocycles. The number of amides is 1. The van der Waals surface area contributed by atoms with E-state index in [1.165, 1.54) is 11.2 Å². The van der Waals surface area contributed by atoms with Crippen LogP contribution in [0.3, 0.4) is 0 Å². The minimum absolute atomic E-state index is 0.0274. The summed E-state index contributed by atoms with van der Waals surface area (Å²) in [6, 6.07) is 5.20. The fraction of sp³-hybridized carbons (Fsp3) is 0.360. The Bertz CT molecular complexity index is 1470. The molecule has 1 saturated heterocycles. The van der Waals surface area contributed by atoms with Gasteiger partial charge in [0, 0.05) is 68.2 Å². The van der Waals surface area contributed by atoms with E-state index in [-0.39, 0.29) is 6.04 Å². The second-order valence-electron chi connectivity index (χ2n) is 8.95. The number of carbonyl (C=O) groups excluding carboxylic acids is 1. The summed E-state index contributed by atoms with van der Waals surface area (Å²) in [4.78, 5) is 31.5. The molecule has 0 bridgehead atoms. The van der Waals surface area contributed by atoms with E-state index in [1.807, 2.05) is 16.9 Å². The Morgan fingerprint density at radius 2 is 1.97 bits per heavy atom. The standard InChI is InChI=1S/C25H24F3N9O/c26-20-18(3-6-30-22(20)23(27)28)25(38)36-10-8-35(9-11-36)17(2-1-5-29)14-37-13-16(12-34-37)21-19-4-7-31-24(19)33-15-32-21/h3-4,6-7,12-13,15,17,23H,1-2,8-11,14H2,(H,31,32,33)/t17-/m1/s1. The highest BCUT2D eigenvalue weighted by atomic mass is 19.3. The van der Waals surface area contributed by atoms with Crippen molar-refractivity contribution in [1.82, 2.24) is 39.5 Å². The molecule has 1 atom stereocenters. The van der Waals surface area contributed by atoms with Gasteiger partial charge in [-0.05, 0) is 18.6 Å². The number of pyridine rings is 1. The van der Waals surface area contributed by atoms with E-state index in [9.17, 15) is 23.2 Å². The van der Waals surface area contributed by atoms with Crippen LogP contribution in [0.4, 0.5) is 13.2 Å². The summed E-state index contributed by atoms with van der Waals surface area (Å²) in [6.07, 6.45) is 5.81. The molecule has 0 aliphatic carbocycles. The third kappa shape index (κ3) is 5.08. The van der Waals surface area contributed by atoms with Crippen molar-refractivity contribution in [2.75, 3.05) is 26.2 Å². The third-order valence-electron chi connectivity index (χ3n) is 6.72. The normalized spacial score (nSPS) is 15.2. The molecule has 0 aromatic carbocycles. The first kappa shape index (κ1) is 25.3. The predicted octanol–water partition coefficient (Wildman–Crippen LogP) is 3.42. The fourth-order valence-corrected chi connectivity index (χ4v) is 4.76. The van der Waals surface area contributed by atoms with Crippen LogP contribution in [0, 0.1) is 17.1 Å². The number of nitrogens with zero attached hydrogens (tertiary/aromatic N) is 8. The first-order chi connectivity index (χ1) is 18.5. The molecule has 5 heterocycles. The van der Waals surface area contributed by atoms with Crippen LogP contribution in [0.5, 0.6) is 0 Å². The lowest BCUT2D eigenvalue weighted by Crippen LogP contribution is -2.53.